The van der Waals surface area contributed by atoms with Crippen molar-refractivity contribution in [1.29, 1.82) is 0 Å². The fraction of sp³-hybridized carbons (Fsp3) is 0.238. The highest BCUT2D eigenvalue weighted by atomic mass is 15.1. The van der Waals surface area contributed by atoms with E-state index in [1.807, 2.05) is 43.3 Å². The molecule has 22 heavy (non-hydrogen) atoms. The Balaban J connectivity index is 2.18. The van der Waals surface area contributed by atoms with Gasteiger partial charge in [0, 0.05) is 11.1 Å². The molecule has 0 N–H and O–H groups in total. The first-order valence-corrected chi connectivity index (χ1v) is 7.37. The minimum absolute atomic E-state index is 0.0809. The second kappa shape index (κ2) is 7.51. The van der Waals surface area contributed by atoms with Crippen molar-refractivity contribution < 1.29 is 0 Å². The average Bonchev–Trinajstić information content (AvgIpc) is 2.50. The van der Waals surface area contributed by atoms with Crippen LogP contribution in [0.25, 0.3) is 0 Å². The van der Waals surface area contributed by atoms with E-state index in [1.54, 1.807) is 0 Å². The summed E-state index contributed by atoms with van der Waals surface area (Å²) in [5.74, 6) is 12.9. The molecule has 1 heteroatoms. The Bertz CT molecular complexity index is 665. The summed E-state index contributed by atoms with van der Waals surface area (Å²) < 4.78 is 0. The van der Waals surface area contributed by atoms with Crippen molar-refractivity contribution in [1.82, 2.24) is 4.90 Å². The first-order valence-electron chi connectivity index (χ1n) is 7.37. The molecule has 0 spiro atoms. The molecule has 0 bridgehead atoms. The first-order chi connectivity index (χ1) is 10.5. The van der Waals surface area contributed by atoms with Crippen molar-refractivity contribution in [3.63, 3.8) is 0 Å². The lowest BCUT2D eigenvalue weighted by atomic mass is 10.1. The van der Waals surface area contributed by atoms with Gasteiger partial charge in [0.2, 0.25) is 0 Å². The van der Waals surface area contributed by atoms with Crippen molar-refractivity contribution in [2.24, 2.45) is 0 Å². The largest absolute Gasteiger partial charge is 0.286 e. The Morgan fingerprint density at radius 2 is 1.05 bits per heavy atom. The van der Waals surface area contributed by atoms with Crippen molar-refractivity contribution in [3.05, 3.63) is 70.8 Å². The molecule has 1 nitrogen and oxygen atoms in total. The van der Waals surface area contributed by atoms with Gasteiger partial charge in [0.25, 0.3) is 0 Å². The fourth-order valence-electron chi connectivity index (χ4n) is 1.87. The lowest BCUT2D eigenvalue weighted by Crippen LogP contribution is -2.24. The van der Waals surface area contributed by atoms with Gasteiger partial charge in [0.15, 0.2) is 0 Å². The molecule has 0 aliphatic rings. The normalized spacial score (nSPS) is 9.91. The van der Waals surface area contributed by atoms with Crippen LogP contribution in [0.4, 0.5) is 0 Å². The van der Waals surface area contributed by atoms with Gasteiger partial charge >= 0.3 is 0 Å². The highest BCUT2D eigenvalue weighted by molar-refractivity contribution is 5.42. The molecular weight excluding hydrogens is 266 g/mol. The molecule has 0 fully saturated rings. The standard InChI is InChI=1S/C21H21N/c1-17-5-9-19(10-6-17)13-15-21(22(3)4)16-14-20-11-7-18(2)8-12-20/h5-12,21H,1-4H3. The maximum Gasteiger partial charge on any atom is 0.134 e. The molecule has 0 saturated heterocycles. The Kier molecular flexibility index (Phi) is 5.42. The predicted molar refractivity (Wildman–Crippen MR) is 93.6 cm³/mol. The quantitative estimate of drug-likeness (QED) is 0.724. The van der Waals surface area contributed by atoms with Crippen LogP contribution in [0.3, 0.4) is 0 Å². The molecule has 0 radical (unpaired) electrons. The van der Waals surface area contributed by atoms with Crippen LogP contribution >= 0.6 is 0 Å². The predicted octanol–water partition coefficient (Wildman–Crippen LogP) is 3.64. The van der Waals surface area contributed by atoms with Crippen molar-refractivity contribution in [3.8, 4) is 23.7 Å². The molecular formula is C21H21N. The number of rotatable bonds is 1. The number of hydrogen-bond acceptors (Lipinski definition) is 1. The topological polar surface area (TPSA) is 3.24 Å². The minimum atomic E-state index is -0.0809. The van der Waals surface area contributed by atoms with Crippen molar-refractivity contribution >= 4 is 0 Å². The van der Waals surface area contributed by atoms with Crippen LogP contribution in [-0.2, 0) is 0 Å². The molecule has 2 aromatic rings. The van der Waals surface area contributed by atoms with Crippen LogP contribution in [0.1, 0.15) is 22.3 Å². The lowest BCUT2D eigenvalue weighted by molar-refractivity contribution is 0.409. The van der Waals surface area contributed by atoms with Gasteiger partial charge in [0.1, 0.15) is 6.04 Å². The van der Waals surface area contributed by atoms with Gasteiger partial charge in [0.05, 0.1) is 0 Å². The van der Waals surface area contributed by atoms with Gasteiger partial charge in [-0.05, 0) is 52.2 Å². The summed E-state index contributed by atoms with van der Waals surface area (Å²) in [6.45, 7) is 4.15. The van der Waals surface area contributed by atoms with Gasteiger partial charge < -0.3 is 0 Å². The number of hydrogen-bond donors (Lipinski definition) is 0. The third-order valence-electron chi connectivity index (χ3n) is 3.33. The fourth-order valence-corrected chi connectivity index (χ4v) is 1.87. The summed E-state index contributed by atoms with van der Waals surface area (Å²) in [7, 11) is 4.00. The number of nitrogens with zero attached hydrogens (tertiary/aromatic N) is 1. The maximum atomic E-state index is 3.24. The van der Waals surface area contributed by atoms with Gasteiger partial charge in [-0.25, -0.2) is 0 Å². The van der Waals surface area contributed by atoms with Crippen LogP contribution < -0.4 is 0 Å². The van der Waals surface area contributed by atoms with E-state index in [4.69, 9.17) is 0 Å². The van der Waals surface area contributed by atoms with E-state index in [2.05, 4.69) is 61.8 Å². The summed E-state index contributed by atoms with van der Waals surface area (Å²) in [5, 5.41) is 0. The summed E-state index contributed by atoms with van der Waals surface area (Å²) in [5.41, 5.74) is 4.53. The zero-order chi connectivity index (χ0) is 15.9. The van der Waals surface area contributed by atoms with Crippen LogP contribution in [0.5, 0.6) is 0 Å². The van der Waals surface area contributed by atoms with Crippen molar-refractivity contribution in [2.45, 2.75) is 19.9 Å². The zero-order valence-electron chi connectivity index (χ0n) is 13.6. The number of aryl methyl sites for hydroxylation is 2. The summed E-state index contributed by atoms with van der Waals surface area (Å²) >= 11 is 0. The molecule has 2 aromatic carbocycles. The van der Waals surface area contributed by atoms with Crippen LogP contribution in [0.2, 0.25) is 0 Å². The second-order valence-electron chi connectivity index (χ2n) is 5.64. The molecule has 0 heterocycles. The van der Waals surface area contributed by atoms with Gasteiger partial charge in [-0.1, -0.05) is 59.1 Å². The highest BCUT2D eigenvalue weighted by Gasteiger charge is 2.02. The van der Waals surface area contributed by atoms with E-state index >= 15 is 0 Å². The van der Waals surface area contributed by atoms with E-state index in [0.29, 0.717) is 0 Å². The Morgan fingerprint density at radius 3 is 1.36 bits per heavy atom. The van der Waals surface area contributed by atoms with Gasteiger partial charge in [-0.3, -0.25) is 4.90 Å². The SMILES string of the molecule is Cc1ccc(C#CC(C#Cc2ccc(C)cc2)N(C)C)cc1. The molecule has 110 valence electrons. The van der Waals surface area contributed by atoms with E-state index < -0.39 is 0 Å². The molecule has 0 saturated carbocycles. The van der Waals surface area contributed by atoms with Crippen molar-refractivity contribution in [2.75, 3.05) is 14.1 Å². The van der Waals surface area contributed by atoms with E-state index in [1.165, 1.54) is 11.1 Å². The monoisotopic (exact) mass is 287 g/mol. The Labute approximate surface area is 134 Å². The summed E-state index contributed by atoms with van der Waals surface area (Å²) in [6.07, 6.45) is 0. The number of benzene rings is 2. The Hall–Kier alpha value is -2.48. The average molecular weight is 287 g/mol. The Morgan fingerprint density at radius 1 is 0.682 bits per heavy atom. The van der Waals surface area contributed by atoms with E-state index in [9.17, 15) is 0 Å². The van der Waals surface area contributed by atoms with Crippen LogP contribution in [0, 0.1) is 37.5 Å². The van der Waals surface area contributed by atoms with E-state index in [0.717, 1.165) is 11.1 Å². The van der Waals surface area contributed by atoms with Crippen LogP contribution in [0.15, 0.2) is 48.5 Å². The molecule has 0 aromatic heterocycles. The maximum absolute atomic E-state index is 3.24. The first kappa shape index (κ1) is 15.9. The summed E-state index contributed by atoms with van der Waals surface area (Å²) in [4.78, 5) is 2.03. The van der Waals surface area contributed by atoms with Crippen LogP contribution in [-0.4, -0.2) is 25.0 Å². The van der Waals surface area contributed by atoms with Gasteiger partial charge in [-0.2, -0.15) is 0 Å². The molecule has 0 amide bonds. The third-order valence-corrected chi connectivity index (χ3v) is 3.33. The molecule has 0 aliphatic heterocycles. The van der Waals surface area contributed by atoms with Gasteiger partial charge in [-0.15, -0.1) is 0 Å². The smallest absolute Gasteiger partial charge is 0.134 e. The molecule has 0 unspecified atom stereocenters. The zero-order valence-corrected chi connectivity index (χ0v) is 13.6. The molecule has 2 rings (SSSR count). The molecule has 0 aliphatic carbocycles. The lowest BCUT2D eigenvalue weighted by Gasteiger charge is -2.12. The third kappa shape index (κ3) is 4.81. The minimum Gasteiger partial charge on any atom is -0.286 e. The van der Waals surface area contributed by atoms with E-state index in [-0.39, 0.29) is 6.04 Å². The molecule has 0 atom stereocenters. The summed E-state index contributed by atoms with van der Waals surface area (Å²) in [6, 6.07) is 16.4. The second-order valence-corrected chi connectivity index (χ2v) is 5.64. The highest BCUT2D eigenvalue weighted by Crippen LogP contribution is 2.03.